The Morgan fingerprint density at radius 2 is 1.60 bits per heavy atom. The van der Waals surface area contributed by atoms with Gasteiger partial charge in [0.1, 0.15) is 0 Å². The van der Waals surface area contributed by atoms with E-state index in [9.17, 15) is 0 Å². The minimum absolute atomic E-state index is 0.533. The summed E-state index contributed by atoms with van der Waals surface area (Å²) in [6.45, 7) is 6.05. The number of hydrogen-bond donors (Lipinski definition) is 1. The monoisotopic (exact) mass is 306 g/mol. The van der Waals surface area contributed by atoms with Crippen LogP contribution in [-0.4, -0.2) is 5.71 Å². The normalized spacial score (nSPS) is 11.6. The Labute approximate surface area is 129 Å². The molecule has 2 rings (SSSR count). The van der Waals surface area contributed by atoms with Crippen LogP contribution >= 0.6 is 23.2 Å². The lowest BCUT2D eigenvalue weighted by atomic mass is 10.1. The molecule has 0 aliphatic rings. The summed E-state index contributed by atoms with van der Waals surface area (Å²) in [5.74, 6) is 0. The largest absolute Gasteiger partial charge is 0.278 e. The van der Waals surface area contributed by atoms with Gasteiger partial charge >= 0.3 is 0 Å². The van der Waals surface area contributed by atoms with E-state index in [1.807, 2.05) is 19.1 Å². The number of nitrogens with one attached hydrogen (secondary N) is 1. The molecule has 0 radical (unpaired) electrons. The number of aryl methyl sites for hydroxylation is 2. The van der Waals surface area contributed by atoms with E-state index in [-0.39, 0.29) is 0 Å². The number of halogens is 2. The zero-order valence-electron chi connectivity index (χ0n) is 11.7. The summed E-state index contributed by atoms with van der Waals surface area (Å²) in [5.41, 5.74) is 8.24. The molecule has 20 heavy (non-hydrogen) atoms. The van der Waals surface area contributed by atoms with E-state index in [0.717, 1.165) is 17.0 Å². The molecule has 0 spiro atoms. The highest BCUT2D eigenvalue weighted by Gasteiger charge is 2.02. The first-order valence-corrected chi connectivity index (χ1v) is 7.05. The Morgan fingerprint density at radius 1 is 0.950 bits per heavy atom. The summed E-state index contributed by atoms with van der Waals surface area (Å²) in [6, 6.07) is 11.7. The van der Waals surface area contributed by atoms with Gasteiger partial charge in [0.15, 0.2) is 0 Å². The molecule has 0 aliphatic carbocycles. The van der Waals surface area contributed by atoms with E-state index < -0.39 is 0 Å². The first-order chi connectivity index (χ1) is 9.45. The quantitative estimate of drug-likeness (QED) is 0.592. The van der Waals surface area contributed by atoms with Crippen LogP contribution in [0.5, 0.6) is 0 Å². The molecular formula is C16H16Cl2N2. The van der Waals surface area contributed by atoms with E-state index in [0.29, 0.717) is 10.0 Å². The topological polar surface area (TPSA) is 24.4 Å². The summed E-state index contributed by atoms with van der Waals surface area (Å²) in [4.78, 5) is 0. The smallest absolute Gasteiger partial charge is 0.0649 e. The highest BCUT2D eigenvalue weighted by atomic mass is 35.5. The second-order valence-corrected chi connectivity index (χ2v) is 5.63. The number of hydrogen-bond acceptors (Lipinski definition) is 2. The fourth-order valence-electron chi connectivity index (χ4n) is 1.97. The van der Waals surface area contributed by atoms with Gasteiger partial charge in [-0.1, -0.05) is 35.3 Å². The SMILES string of the molecule is C/C(=N\Nc1cc(C)cc(C)c1)c1ccc(Cl)c(Cl)c1. The maximum Gasteiger partial charge on any atom is 0.0649 e. The fourth-order valence-corrected chi connectivity index (χ4v) is 2.27. The minimum atomic E-state index is 0.533. The third-order valence-corrected chi connectivity index (χ3v) is 3.65. The van der Waals surface area contributed by atoms with Crippen LogP contribution in [-0.2, 0) is 0 Å². The number of hydrazone groups is 1. The number of nitrogens with zero attached hydrogens (tertiary/aromatic N) is 1. The molecule has 0 saturated carbocycles. The van der Waals surface area contributed by atoms with Crippen molar-refractivity contribution in [1.82, 2.24) is 0 Å². The molecule has 0 atom stereocenters. The number of anilines is 1. The molecule has 0 saturated heterocycles. The highest BCUT2D eigenvalue weighted by Crippen LogP contribution is 2.23. The number of benzene rings is 2. The van der Waals surface area contributed by atoms with E-state index in [2.05, 4.69) is 42.6 Å². The molecule has 0 aliphatic heterocycles. The molecule has 0 bridgehead atoms. The van der Waals surface area contributed by atoms with Crippen molar-refractivity contribution < 1.29 is 0 Å². The molecule has 4 heteroatoms. The Hall–Kier alpha value is -1.51. The van der Waals surface area contributed by atoms with Gasteiger partial charge in [0.25, 0.3) is 0 Å². The molecule has 2 aromatic carbocycles. The van der Waals surface area contributed by atoms with Gasteiger partial charge in [-0.05, 0) is 61.7 Å². The predicted octanol–water partition coefficient (Wildman–Crippen LogP) is 5.45. The molecule has 0 amide bonds. The van der Waals surface area contributed by atoms with Crippen molar-refractivity contribution in [1.29, 1.82) is 0 Å². The van der Waals surface area contributed by atoms with Crippen molar-refractivity contribution in [3.63, 3.8) is 0 Å². The van der Waals surface area contributed by atoms with Crippen LogP contribution in [0.15, 0.2) is 41.5 Å². The lowest BCUT2D eigenvalue weighted by molar-refractivity contribution is 1.29. The standard InChI is InChI=1S/C16H16Cl2N2/c1-10-6-11(2)8-14(7-10)20-19-12(3)13-4-5-15(17)16(18)9-13/h4-9,20H,1-3H3/b19-12+. The zero-order valence-corrected chi connectivity index (χ0v) is 13.2. The average Bonchev–Trinajstić information content (AvgIpc) is 2.38. The summed E-state index contributed by atoms with van der Waals surface area (Å²) in [6.07, 6.45) is 0. The molecular weight excluding hydrogens is 291 g/mol. The van der Waals surface area contributed by atoms with Gasteiger partial charge < -0.3 is 0 Å². The first-order valence-electron chi connectivity index (χ1n) is 6.30. The Morgan fingerprint density at radius 3 is 2.20 bits per heavy atom. The molecule has 0 aromatic heterocycles. The molecule has 0 fully saturated rings. The van der Waals surface area contributed by atoms with E-state index in [1.54, 1.807) is 6.07 Å². The third kappa shape index (κ3) is 3.75. The van der Waals surface area contributed by atoms with E-state index in [4.69, 9.17) is 23.2 Å². The van der Waals surface area contributed by atoms with Crippen molar-refractivity contribution in [2.24, 2.45) is 5.10 Å². The van der Waals surface area contributed by atoms with Crippen molar-refractivity contribution in [2.75, 3.05) is 5.43 Å². The number of rotatable bonds is 3. The van der Waals surface area contributed by atoms with Crippen molar-refractivity contribution in [3.05, 3.63) is 63.1 Å². The molecule has 0 heterocycles. The van der Waals surface area contributed by atoms with Gasteiger partial charge in [0.2, 0.25) is 0 Å². The van der Waals surface area contributed by atoms with Crippen LogP contribution in [0, 0.1) is 13.8 Å². The second-order valence-electron chi connectivity index (χ2n) is 4.81. The van der Waals surface area contributed by atoms with E-state index in [1.165, 1.54) is 11.1 Å². The summed E-state index contributed by atoms with van der Waals surface area (Å²) in [7, 11) is 0. The Bertz CT molecular complexity index is 643. The van der Waals surface area contributed by atoms with Gasteiger partial charge in [0.05, 0.1) is 21.4 Å². The van der Waals surface area contributed by atoms with Gasteiger partial charge in [-0.3, -0.25) is 5.43 Å². The van der Waals surface area contributed by atoms with Crippen LogP contribution in [0.1, 0.15) is 23.6 Å². The molecule has 104 valence electrons. The fraction of sp³-hybridized carbons (Fsp3) is 0.188. The van der Waals surface area contributed by atoms with Crippen LogP contribution in [0.4, 0.5) is 5.69 Å². The third-order valence-electron chi connectivity index (χ3n) is 2.91. The maximum absolute atomic E-state index is 6.01. The van der Waals surface area contributed by atoms with Crippen LogP contribution in [0.3, 0.4) is 0 Å². The maximum atomic E-state index is 6.01. The molecule has 2 aromatic rings. The molecule has 0 unspecified atom stereocenters. The lowest BCUT2D eigenvalue weighted by Gasteiger charge is -2.06. The van der Waals surface area contributed by atoms with Crippen molar-refractivity contribution in [3.8, 4) is 0 Å². The molecule has 1 N–H and O–H groups in total. The molecule has 2 nitrogen and oxygen atoms in total. The Balaban J connectivity index is 2.19. The van der Waals surface area contributed by atoms with E-state index >= 15 is 0 Å². The second kappa shape index (κ2) is 6.29. The minimum Gasteiger partial charge on any atom is -0.278 e. The van der Waals surface area contributed by atoms with Crippen molar-refractivity contribution >= 4 is 34.6 Å². The van der Waals surface area contributed by atoms with Crippen molar-refractivity contribution in [2.45, 2.75) is 20.8 Å². The van der Waals surface area contributed by atoms with Crippen LogP contribution in [0.25, 0.3) is 0 Å². The lowest BCUT2D eigenvalue weighted by Crippen LogP contribution is -2.00. The first kappa shape index (κ1) is 14.9. The zero-order chi connectivity index (χ0) is 14.7. The Kier molecular flexibility index (Phi) is 4.69. The van der Waals surface area contributed by atoms with Gasteiger partial charge in [-0.25, -0.2) is 0 Å². The van der Waals surface area contributed by atoms with Gasteiger partial charge in [0, 0.05) is 0 Å². The van der Waals surface area contributed by atoms with Crippen LogP contribution < -0.4 is 5.43 Å². The highest BCUT2D eigenvalue weighted by molar-refractivity contribution is 6.42. The van der Waals surface area contributed by atoms with Crippen LogP contribution in [0.2, 0.25) is 10.0 Å². The average molecular weight is 307 g/mol. The van der Waals surface area contributed by atoms with Gasteiger partial charge in [-0.2, -0.15) is 5.10 Å². The summed E-state index contributed by atoms with van der Waals surface area (Å²) < 4.78 is 0. The summed E-state index contributed by atoms with van der Waals surface area (Å²) >= 11 is 11.9. The summed E-state index contributed by atoms with van der Waals surface area (Å²) in [5, 5.41) is 5.46. The predicted molar refractivity (Wildman–Crippen MR) is 88.2 cm³/mol. The van der Waals surface area contributed by atoms with Gasteiger partial charge in [-0.15, -0.1) is 0 Å².